The van der Waals surface area contributed by atoms with E-state index in [9.17, 15) is 14.7 Å². The van der Waals surface area contributed by atoms with Gasteiger partial charge in [0.05, 0.1) is 18.2 Å². The lowest BCUT2D eigenvalue weighted by molar-refractivity contribution is -0.117. The highest BCUT2D eigenvalue weighted by Gasteiger charge is 2.16. The van der Waals surface area contributed by atoms with Gasteiger partial charge in [-0.25, -0.2) is 0 Å². The van der Waals surface area contributed by atoms with Gasteiger partial charge < -0.3 is 19.7 Å². The Bertz CT molecular complexity index is 1090. The van der Waals surface area contributed by atoms with Gasteiger partial charge in [-0.1, -0.05) is 12.1 Å². The summed E-state index contributed by atoms with van der Waals surface area (Å²) in [6.45, 7) is -0.321. The Kier molecular flexibility index (Phi) is 5.74. The Labute approximate surface area is 169 Å². The van der Waals surface area contributed by atoms with Crippen molar-refractivity contribution in [1.82, 2.24) is 9.88 Å². The van der Waals surface area contributed by atoms with Gasteiger partial charge >= 0.3 is 0 Å². The normalized spacial score (nSPS) is 11.1. The van der Waals surface area contributed by atoms with Gasteiger partial charge in [-0.3, -0.25) is 9.59 Å². The largest absolute Gasteiger partial charge is 0.497 e. The molecule has 1 aromatic heterocycles. The number of methoxy groups -OCH3 is 1. The zero-order valence-corrected chi connectivity index (χ0v) is 16.7. The molecule has 3 aromatic rings. The third-order valence-corrected chi connectivity index (χ3v) is 4.82. The number of benzene rings is 2. The van der Waals surface area contributed by atoms with Crippen LogP contribution < -0.4 is 10.1 Å². The first-order valence-electron chi connectivity index (χ1n) is 8.25. The van der Waals surface area contributed by atoms with Crippen molar-refractivity contribution in [1.29, 1.82) is 0 Å². The predicted octanol–water partition coefficient (Wildman–Crippen LogP) is 3.70. The molecule has 0 saturated heterocycles. The zero-order chi connectivity index (χ0) is 20.3. The molecule has 0 unspecified atom stereocenters. The van der Waals surface area contributed by atoms with E-state index in [1.807, 2.05) is 0 Å². The summed E-state index contributed by atoms with van der Waals surface area (Å²) in [6, 6.07) is 12.1. The number of halogens is 1. The van der Waals surface area contributed by atoms with E-state index in [0.717, 1.165) is 0 Å². The summed E-state index contributed by atoms with van der Waals surface area (Å²) in [4.78, 5) is 24.1. The van der Waals surface area contributed by atoms with Crippen LogP contribution in [0.2, 0.25) is 0 Å². The first-order chi connectivity index (χ1) is 13.4. The Morgan fingerprint density at radius 2 is 2.00 bits per heavy atom. The van der Waals surface area contributed by atoms with Gasteiger partial charge in [0.2, 0.25) is 5.88 Å². The van der Waals surface area contributed by atoms with Crippen molar-refractivity contribution < 1.29 is 19.4 Å². The molecule has 3 rings (SSSR count). The van der Waals surface area contributed by atoms with Crippen molar-refractivity contribution in [2.24, 2.45) is 17.3 Å². The minimum Gasteiger partial charge on any atom is -0.497 e. The van der Waals surface area contributed by atoms with Gasteiger partial charge in [0.25, 0.3) is 11.8 Å². The predicted molar refractivity (Wildman–Crippen MR) is 107 cm³/mol. The average molecular weight is 445 g/mol. The van der Waals surface area contributed by atoms with E-state index in [-0.39, 0.29) is 18.1 Å². The van der Waals surface area contributed by atoms with E-state index in [2.05, 4.69) is 31.5 Å². The molecule has 0 aliphatic rings. The first-order valence-corrected chi connectivity index (χ1v) is 9.04. The maximum absolute atomic E-state index is 12.1. The molecule has 28 heavy (non-hydrogen) atoms. The molecule has 0 spiro atoms. The van der Waals surface area contributed by atoms with Crippen LogP contribution in [0.3, 0.4) is 0 Å². The van der Waals surface area contributed by atoms with Crippen molar-refractivity contribution in [3.05, 3.63) is 52.5 Å². The molecule has 1 heterocycles. The molecule has 9 heteroatoms. The highest BCUT2D eigenvalue weighted by molar-refractivity contribution is 9.10. The summed E-state index contributed by atoms with van der Waals surface area (Å²) in [5, 5.41) is 20.9. The molecule has 0 fully saturated rings. The fourth-order valence-corrected chi connectivity index (χ4v) is 3.12. The second kappa shape index (κ2) is 8.22. The Hall–Kier alpha value is -3.20. The van der Waals surface area contributed by atoms with E-state index >= 15 is 0 Å². The molecular formula is C19H17BrN4O4. The number of azo groups is 1. The molecule has 0 aliphatic carbocycles. The minimum atomic E-state index is -0.653. The topological polar surface area (TPSA) is 105 Å². The number of aromatic hydroxyl groups is 1. The summed E-state index contributed by atoms with van der Waals surface area (Å²) in [5.74, 6) is -0.605. The van der Waals surface area contributed by atoms with Crippen LogP contribution in [0.25, 0.3) is 10.9 Å². The van der Waals surface area contributed by atoms with Crippen molar-refractivity contribution in [3.8, 4) is 11.6 Å². The second-order valence-electron chi connectivity index (χ2n) is 5.87. The number of nitrogens with one attached hydrogen (secondary N) is 1. The Morgan fingerprint density at radius 1 is 1.25 bits per heavy atom. The van der Waals surface area contributed by atoms with Crippen LogP contribution in [-0.4, -0.2) is 35.1 Å². The van der Waals surface area contributed by atoms with Crippen LogP contribution in [0.4, 0.5) is 5.69 Å². The highest BCUT2D eigenvalue weighted by Crippen LogP contribution is 2.39. The number of nitrogens with zero attached hydrogens (tertiary/aromatic N) is 3. The fraction of sp³-hybridized carbons (Fsp3) is 0.158. The van der Waals surface area contributed by atoms with E-state index in [1.54, 1.807) is 49.5 Å². The van der Waals surface area contributed by atoms with Gasteiger partial charge in [-0.15, -0.1) is 10.2 Å². The number of rotatable bonds is 5. The molecule has 0 bridgehead atoms. The third-order valence-electron chi connectivity index (χ3n) is 4.13. The Balaban J connectivity index is 1.75. The first kappa shape index (κ1) is 19.6. The number of aromatic nitrogens is 1. The highest BCUT2D eigenvalue weighted by atomic mass is 79.9. The SMILES string of the molecule is COc1ccc2c(c1)c(N=NC(=O)CNC(=O)c1ccccc1Br)c(O)n2C. The number of fused-ring (bicyclic) bond motifs is 1. The number of hydrogen-bond donors (Lipinski definition) is 2. The summed E-state index contributed by atoms with van der Waals surface area (Å²) in [5.41, 5.74) is 1.27. The van der Waals surface area contributed by atoms with E-state index < -0.39 is 11.8 Å². The summed E-state index contributed by atoms with van der Waals surface area (Å²) >= 11 is 3.28. The summed E-state index contributed by atoms with van der Waals surface area (Å²) < 4.78 is 7.34. The molecule has 0 radical (unpaired) electrons. The van der Waals surface area contributed by atoms with E-state index in [1.165, 1.54) is 11.7 Å². The van der Waals surface area contributed by atoms with E-state index in [4.69, 9.17) is 4.74 Å². The van der Waals surface area contributed by atoms with Crippen LogP contribution in [0.1, 0.15) is 10.4 Å². The zero-order valence-electron chi connectivity index (χ0n) is 15.1. The monoisotopic (exact) mass is 444 g/mol. The number of aryl methyl sites for hydroxylation is 1. The quantitative estimate of drug-likeness (QED) is 0.585. The molecule has 2 aromatic carbocycles. The number of amides is 2. The van der Waals surface area contributed by atoms with Crippen molar-refractivity contribution in [2.75, 3.05) is 13.7 Å². The lowest BCUT2D eigenvalue weighted by atomic mass is 10.2. The van der Waals surface area contributed by atoms with Crippen LogP contribution in [0.5, 0.6) is 11.6 Å². The number of hydrogen-bond acceptors (Lipinski definition) is 5. The lowest BCUT2D eigenvalue weighted by Crippen LogP contribution is -2.28. The number of carbonyl (C=O) groups excluding carboxylic acids is 2. The standard InChI is InChI=1S/C19H17BrN4O4/c1-24-15-8-7-11(28-2)9-13(15)17(19(24)27)23-22-16(25)10-21-18(26)12-5-3-4-6-14(12)20/h3-9,27H,10H2,1-2H3,(H,21,26). The van der Waals surface area contributed by atoms with Crippen LogP contribution in [0, 0.1) is 0 Å². The molecule has 144 valence electrons. The fourth-order valence-electron chi connectivity index (χ4n) is 2.65. The average Bonchev–Trinajstić information content (AvgIpc) is 2.94. The van der Waals surface area contributed by atoms with Crippen LogP contribution in [-0.2, 0) is 11.8 Å². The molecule has 8 nitrogen and oxygen atoms in total. The molecule has 0 saturated carbocycles. The van der Waals surface area contributed by atoms with Crippen molar-refractivity contribution in [2.45, 2.75) is 0 Å². The maximum Gasteiger partial charge on any atom is 0.283 e. The third kappa shape index (κ3) is 3.89. The number of ether oxygens (including phenoxy) is 1. The van der Waals surface area contributed by atoms with Gasteiger partial charge in [0.1, 0.15) is 12.3 Å². The van der Waals surface area contributed by atoms with Crippen LogP contribution >= 0.6 is 15.9 Å². The molecule has 0 aliphatic heterocycles. The van der Waals surface area contributed by atoms with Crippen molar-refractivity contribution >= 4 is 44.3 Å². The second-order valence-corrected chi connectivity index (χ2v) is 6.72. The van der Waals surface area contributed by atoms with Gasteiger partial charge in [-0.2, -0.15) is 0 Å². The summed E-state index contributed by atoms with van der Waals surface area (Å²) in [6.07, 6.45) is 0. The molecule has 2 amide bonds. The van der Waals surface area contributed by atoms with Crippen LogP contribution in [0.15, 0.2) is 57.2 Å². The smallest absolute Gasteiger partial charge is 0.283 e. The maximum atomic E-state index is 12.1. The van der Waals surface area contributed by atoms with Crippen molar-refractivity contribution in [3.63, 3.8) is 0 Å². The summed E-state index contributed by atoms with van der Waals surface area (Å²) in [7, 11) is 3.20. The lowest BCUT2D eigenvalue weighted by Gasteiger charge is -2.04. The van der Waals surface area contributed by atoms with E-state index in [0.29, 0.717) is 26.7 Å². The molecule has 0 atom stereocenters. The number of carbonyl (C=O) groups is 2. The van der Waals surface area contributed by atoms with Gasteiger partial charge in [0, 0.05) is 16.9 Å². The molecule has 2 N–H and O–H groups in total. The van der Waals surface area contributed by atoms with Gasteiger partial charge in [-0.05, 0) is 46.3 Å². The minimum absolute atomic E-state index is 0.128. The van der Waals surface area contributed by atoms with Gasteiger partial charge in [0.15, 0.2) is 5.69 Å². The molecular weight excluding hydrogens is 428 g/mol. The Morgan fingerprint density at radius 3 is 2.71 bits per heavy atom.